The van der Waals surface area contributed by atoms with Crippen molar-refractivity contribution in [3.05, 3.63) is 108 Å². The Balaban J connectivity index is 1.75. The van der Waals surface area contributed by atoms with Gasteiger partial charge >= 0.3 is 0 Å². The van der Waals surface area contributed by atoms with Gasteiger partial charge in [-0.3, -0.25) is 0 Å². The summed E-state index contributed by atoms with van der Waals surface area (Å²) in [6.07, 6.45) is 0. The molecule has 1 nitrogen and oxygen atoms in total. The largest absolute Gasteiger partial charge is 0.355 e. The number of halogens is 1. The van der Waals surface area contributed by atoms with E-state index in [-0.39, 0.29) is 0 Å². The minimum Gasteiger partial charge on any atom is -0.355 e. The van der Waals surface area contributed by atoms with Crippen LogP contribution in [0.4, 0.5) is 11.4 Å². The molecule has 0 aliphatic rings. The van der Waals surface area contributed by atoms with E-state index in [1.165, 1.54) is 11.1 Å². The molecule has 4 aromatic carbocycles. The van der Waals surface area contributed by atoms with Crippen LogP contribution in [-0.2, 0) is 0 Å². The van der Waals surface area contributed by atoms with Crippen molar-refractivity contribution in [2.45, 2.75) is 0 Å². The van der Waals surface area contributed by atoms with E-state index in [1.54, 1.807) is 0 Å². The molecule has 0 aliphatic carbocycles. The van der Waals surface area contributed by atoms with Crippen LogP contribution < -0.4 is 5.32 Å². The summed E-state index contributed by atoms with van der Waals surface area (Å²) in [6.45, 7) is 0. The molecule has 0 saturated heterocycles. The fraction of sp³-hybridized carbons (Fsp3) is 0. The van der Waals surface area contributed by atoms with Crippen molar-refractivity contribution in [3.63, 3.8) is 0 Å². The number of benzene rings is 4. The number of rotatable bonds is 4. The molecule has 0 saturated carbocycles. The van der Waals surface area contributed by atoms with Crippen molar-refractivity contribution in [3.8, 4) is 22.3 Å². The molecule has 0 unspecified atom stereocenters. The zero-order chi connectivity index (χ0) is 17.8. The highest BCUT2D eigenvalue weighted by molar-refractivity contribution is 6.30. The van der Waals surface area contributed by atoms with Gasteiger partial charge in [0.1, 0.15) is 0 Å². The summed E-state index contributed by atoms with van der Waals surface area (Å²) in [6, 6.07) is 35.1. The Bertz CT molecular complexity index is 1010. The van der Waals surface area contributed by atoms with Crippen molar-refractivity contribution < 1.29 is 0 Å². The summed E-state index contributed by atoms with van der Waals surface area (Å²) < 4.78 is 0. The lowest BCUT2D eigenvalue weighted by molar-refractivity contribution is 1.52. The lowest BCUT2D eigenvalue weighted by atomic mass is 10.0. The van der Waals surface area contributed by atoms with E-state index in [0.29, 0.717) is 0 Å². The third-order valence-corrected chi connectivity index (χ3v) is 4.62. The molecule has 126 valence electrons. The third-order valence-electron chi connectivity index (χ3n) is 4.36. The van der Waals surface area contributed by atoms with Gasteiger partial charge in [0, 0.05) is 27.5 Å². The molecule has 0 aliphatic heterocycles. The topological polar surface area (TPSA) is 12.0 Å². The van der Waals surface area contributed by atoms with E-state index in [9.17, 15) is 0 Å². The van der Waals surface area contributed by atoms with Crippen molar-refractivity contribution in [1.82, 2.24) is 0 Å². The van der Waals surface area contributed by atoms with Crippen LogP contribution in [0, 0.1) is 0 Å². The number of hydrogen-bond acceptors (Lipinski definition) is 1. The second-order valence-corrected chi connectivity index (χ2v) is 6.53. The first-order chi connectivity index (χ1) is 12.8. The third kappa shape index (κ3) is 3.49. The number of hydrogen-bond donors (Lipinski definition) is 1. The maximum atomic E-state index is 6.04. The Morgan fingerprint density at radius 2 is 0.923 bits per heavy atom. The standard InChI is InChI=1S/C24H18ClN/c25-20-16-14-19(15-17-20)22-11-5-7-13-24(22)26-23-12-6-4-10-21(23)18-8-2-1-3-9-18/h1-17,26H. The van der Waals surface area contributed by atoms with Gasteiger partial charge < -0.3 is 5.32 Å². The molecule has 0 aromatic heterocycles. The van der Waals surface area contributed by atoms with E-state index in [4.69, 9.17) is 11.6 Å². The number of nitrogens with one attached hydrogen (secondary N) is 1. The van der Waals surface area contributed by atoms with Crippen LogP contribution in [0.1, 0.15) is 0 Å². The SMILES string of the molecule is Clc1ccc(-c2ccccc2Nc2ccccc2-c2ccccc2)cc1. The summed E-state index contributed by atoms with van der Waals surface area (Å²) in [7, 11) is 0. The molecular weight excluding hydrogens is 338 g/mol. The van der Waals surface area contributed by atoms with Crippen molar-refractivity contribution in [2.24, 2.45) is 0 Å². The minimum atomic E-state index is 0.744. The van der Waals surface area contributed by atoms with E-state index >= 15 is 0 Å². The van der Waals surface area contributed by atoms with Gasteiger partial charge in [0.2, 0.25) is 0 Å². The minimum absolute atomic E-state index is 0.744. The first-order valence-electron chi connectivity index (χ1n) is 8.58. The highest BCUT2D eigenvalue weighted by Gasteiger charge is 2.08. The van der Waals surface area contributed by atoms with Crippen LogP contribution in [0.15, 0.2) is 103 Å². The maximum absolute atomic E-state index is 6.04. The van der Waals surface area contributed by atoms with E-state index < -0.39 is 0 Å². The maximum Gasteiger partial charge on any atom is 0.0464 e. The van der Waals surface area contributed by atoms with Crippen molar-refractivity contribution >= 4 is 23.0 Å². The Kier molecular flexibility index (Phi) is 4.72. The normalized spacial score (nSPS) is 10.5. The molecule has 4 aromatic rings. The predicted octanol–water partition coefficient (Wildman–Crippen LogP) is 7.42. The second-order valence-electron chi connectivity index (χ2n) is 6.09. The van der Waals surface area contributed by atoms with Crippen LogP contribution in [0.2, 0.25) is 5.02 Å². The Labute approximate surface area is 158 Å². The molecule has 0 amide bonds. The Hall–Kier alpha value is -3.03. The van der Waals surface area contributed by atoms with Crippen LogP contribution in [-0.4, -0.2) is 0 Å². The van der Waals surface area contributed by atoms with Gasteiger partial charge in [-0.1, -0.05) is 90.5 Å². The molecule has 2 heteroatoms. The van der Waals surface area contributed by atoms with E-state index in [0.717, 1.165) is 27.5 Å². The predicted molar refractivity (Wildman–Crippen MR) is 112 cm³/mol. The van der Waals surface area contributed by atoms with Gasteiger partial charge in [0.15, 0.2) is 0 Å². The smallest absolute Gasteiger partial charge is 0.0464 e. The second kappa shape index (κ2) is 7.47. The van der Waals surface area contributed by atoms with Gasteiger partial charge in [-0.15, -0.1) is 0 Å². The summed E-state index contributed by atoms with van der Waals surface area (Å²) in [4.78, 5) is 0. The number of para-hydroxylation sites is 2. The fourth-order valence-electron chi connectivity index (χ4n) is 3.08. The molecule has 26 heavy (non-hydrogen) atoms. The van der Waals surface area contributed by atoms with Crippen LogP contribution in [0.25, 0.3) is 22.3 Å². The van der Waals surface area contributed by atoms with E-state index in [1.807, 2.05) is 36.4 Å². The zero-order valence-electron chi connectivity index (χ0n) is 14.2. The molecular formula is C24H18ClN. The monoisotopic (exact) mass is 355 g/mol. The molecule has 4 rings (SSSR count). The molecule has 0 radical (unpaired) electrons. The van der Waals surface area contributed by atoms with Crippen molar-refractivity contribution in [2.75, 3.05) is 5.32 Å². The zero-order valence-corrected chi connectivity index (χ0v) is 14.9. The Morgan fingerprint density at radius 1 is 0.462 bits per heavy atom. The van der Waals surface area contributed by atoms with E-state index in [2.05, 4.69) is 72.0 Å². The van der Waals surface area contributed by atoms with Gasteiger partial charge in [0.25, 0.3) is 0 Å². The molecule has 0 spiro atoms. The molecule has 0 atom stereocenters. The van der Waals surface area contributed by atoms with Crippen molar-refractivity contribution in [1.29, 1.82) is 0 Å². The lowest BCUT2D eigenvalue weighted by Gasteiger charge is -2.16. The highest BCUT2D eigenvalue weighted by Crippen LogP contribution is 2.34. The average molecular weight is 356 g/mol. The highest BCUT2D eigenvalue weighted by atomic mass is 35.5. The van der Waals surface area contributed by atoms with Gasteiger partial charge in [-0.25, -0.2) is 0 Å². The molecule has 0 heterocycles. The quantitative estimate of drug-likeness (QED) is 0.401. The molecule has 1 N–H and O–H groups in total. The first kappa shape index (κ1) is 16.4. The lowest BCUT2D eigenvalue weighted by Crippen LogP contribution is -1.95. The Morgan fingerprint density at radius 3 is 1.50 bits per heavy atom. The molecule has 0 bridgehead atoms. The first-order valence-corrected chi connectivity index (χ1v) is 8.95. The average Bonchev–Trinajstić information content (AvgIpc) is 2.70. The van der Waals surface area contributed by atoms with Gasteiger partial charge in [0.05, 0.1) is 0 Å². The summed E-state index contributed by atoms with van der Waals surface area (Å²) >= 11 is 6.04. The summed E-state index contributed by atoms with van der Waals surface area (Å²) in [5, 5.41) is 4.36. The van der Waals surface area contributed by atoms with Gasteiger partial charge in [-0.2, -0.15) is 0 Å². The van der Waals surface area contributed by atoms with Crippen LogP contribution in [0.3, 0.4) is 0 Å². The summed E-state index contributed by atoms with van der Waals surface area (Å²) in [5.74, 6) is 0. The number of anilines is 2. The fourth-order valence-corrected chi connectivity index (χ4v) is 3.21. The van der Waals surface area contributed by atoms with Crippen LogP contribution >= 0.6 is 11.6 Å². The molecule has 0 fully saturated rings. The summed E-state index contributed by atoms with van der Waals surface area (Å²) in [5.41, 5.74) is 6.80. The van der Waals surface area contributed by atoms with Gasteiger partial charge in [-0.05, 0) is 35.4 Å². The van der Waals surface area contributed by atoms with Crippen LogP contribution in [0.5, 0.6) is 0 Å².